The van der Waals surface area contributed by atoms with Crippen molar-refractivity contribution in [3.05, 3.63) is 0 Å². The Morgan fingerprint density at radius 2 is 1.50 bits per heavy atom. The summed E-state index contributed by atoms with van der Waals surface area (Å²) in [6, 6.07) is 0. The van der Waals surface area contributed by atoms with E-state index in [9.17, 15) is 0 Å². The molecule has 0 aliphatic carbocycles. The molecule has 0 fully saturated rings. The third-order valence-electron chi connectivity index (χ3n) is 0. The van der Waals surface area contributed by atoms with E-state index in [-0.39, 0.29) is 60.1 Å². The number of carbonyl (C=O) groups is 1. The molecule has 30 valence electrons. The molecule has 0 saturated heterocycles. The van der Waals surface area contributed by atoms with Crippen molar-refractivity contribution >= 4 is 43.9 Å². The molecule has 0 saturated carbocycles. The molecular formula is CH4CaO3Zn. The first kappa shape index (κ1) is 15.7. The van der Waals surface area contributed by atoms with Gasteiger partial charge in [0.2, 0.25) is 0 Å². The standard InChI is InChI=1S/CH2O3.Ca.Zn.2H/c2-1(3)4;;;;/h(H2,2,3,4);;;;/q;+2;;2*-1. The Hall–Kier alpha value is 1.15. The van der Waals surface area contributed by atoms with Crippen molar-refractivity contribution in [2.75, 3.05) is 0 Å². The fourth-order valence-corrected chi connectivity index (χ4v) is 0. The van der Waals surface area contributed by atoms with Gasteiger partial charge in [0.05, 0.1) is 0 Å². The van der Waals surface area contributed by atoms with Crippen molar-refractivity contribution in [1.29, 1.82) is 0 Å². The molecule has 2 N–H and O–H groups in total. The summed E-state index contributed by atoms with van der Waals surface area (Å²) in [7, 11) is 0. The van der Waals surface area contributed by atoms with Crippen LogP contribution in [0, 0.1) is 0 Å². The third-order valence-corrected chi connectivity index (χ3v) is 0. The fraction of sp³-hybridized carbons (Fsp3) is 0. The summed E-state index contributed by atoms with van der Waals surface area (Å²) in [5, 5.41) is 13.9. The van der Waals surface area contributed by atoms with Gasteiger partial charge in [0, 0.05) is 19.5 Å². The average Bonchev–Trinajstić information content (AvgIpc) is 0.811. The Kier molecular flexibility index (Phi) is 24.8. The summed E-state index contributed by atoms with van der Waals surface area (Å²) >= 11 is 0. The van der Waals surface area contributed by atoms with Gasteiger partial charge >= 0.3 is 43.9 Å². The predicted octanol–water partition coefficient (Wildman–Crippen LogP) is 0.0641. The monoisotopic (exact) mass is 168 g/mol. The third kappa shape index (κ3) is 66.8. The van der Waals surface area contributed by atoms with Crippen LogP contribution in [-0.4, -0.2) is 54.1 Å². The summed E-state index contributed by atoms with van der Waals surface area (Å²) in [5.41, 5.74) is 0. The molecule has 0 amide bonds. The first-order valence-corrected chi connectivity index (χ1v) is 0.651. The second-order valence-electron chi connectivity index (χ2n) is 0.283. The zero-order chi connectivity index (χ0) is 3.58. The minimum atomic E-state index is -1.83. The zero-order valence-electron chi connectivity index (χ0n) is 5.22. The maximum Gasteiger partial charge on any atom is 2.00 e. The van der Waals surface area contributed by atoms with E-state index in [1.807, 2.05) is 0 Å². The normalized spacial score (nSPS) is 4.00. The van der Waals surface area contributed by atoms with Gasteiger partial charge in [0.15, 0.2) is 0 Å². The number of carboxylic acid groups (broad SMARTS) is 2. The Morgan fingerprint density at radius 3 is 1.50 bits per heavy atom. The molecule has 0 aliphatic rings. The molecule has 0 bridgehead atoms. The maximum atomic E-state index is 8.56. The van der Waals surface area contributed by atoms with Crippen LogP contribution in [0.3, 0.4) is 0 Å². The van der Waals surface area contributed by atoms with Crippen LogP contribution in [0.1, 0.15) is 2.85 Å². The molecule has 3 nitrogen and oxygen atoms in total. The summed E-state index contributed by atoms with van der Waals surface area (Å²) in [5.74, 6) is 0. The molecule has 5 heteroatoms. The van der Waals surface area contributed by atoms with E-state index >= 15 is 0 Å². The Bertz CT molecular complexity index is 40.3. The SMILES string of the molecule is O=C(O)O.[Ca+2].[H-].[H-].[Zn]. The quantitative estimate of drug-likeness (QED) is 0.505. The van der Waals surface area contributed by atoms with E-state index in [0.29, 0.717) is 0 Å². The first-order valence-electron chi connectivity index (χ1n) is 0.651. The molecule has 0 aromatic carbocycles. The van der Waals surface area contributed by atoms with Crippen molar-refractivity contribution in [3.8, 4) is 0 Å². The van der Waals surface area contributed by atoms with Crippen molar-refractivity contribution < 1.29 is 37.3 Å². The second-order valence-corrected chi connectivity index (χ2v) is 0.283. The molecule has 0 rings (SSSR count). The number of hydrogen-bond acceptors (Lipinski definition) is 1. The van der Waals surface area contributed by atoms with Crippen molar-refractivity contribution in [1.82, 2.24) is 0 Å². The minimum Gasteiger partial charge on any atom is -1.00 e. The van der Waals surface area contributed by atoms with Gasteiger partial charge in [-0.1, -0.05) is 0 Å². The fourth-order valence-electron chi connectivity index (χ4n) is 0. The van der Waals surface area contributed by atoms with Gasteiger partial charge in [-0.2, -0.15) is 0 Å². The molecule has 0 aliphatic heterocycles. The van der Waals surface area contributed by atoms with E-state index in [1.54, 1.807) is 0 Å². The molecule has 6 heavy (non-hydrogen) atoms. The molecular weight excluding hydrogens is 165 g/mol. The van der Waals surface area contributed by atoms with E-state index in [1.165, 1.54) is 0 Å². The number of rotatable bonds is 0. The largest absolute Gasteiger partial charge is 2.00 e. The smallest absolute Gasteiger partial charge is 1.00 e. The summed E-state index contributed by atoms with van der Waals surface area (Å²) < 4.78 is 0. The van der Waals surface area contributed by atoms with Gasteiger partial charge in [-0.25, -0.2) is 4.79 Å². The average molecular weight is 170 g/mol. The molecule has 0 spiro atoms. The van der Waals surface area contributed by atoms with Crippen LogP contribution in [0.5, 0.6) is 0 Å². The maximum absolute atomic E-state index is 8.56. The van der Waals surface area contributed by atoms with Gasteiger partial charge in [-0.15, -0.1) is 0 Å². The van der Waals surface area contributed by atoms with Crippen LogP contribution in [0.25, 0.3) is 0 Å². The molecule has 0 atom stereocenters. The zero-order valence-corrected chi connectivity index (χ0v) is 8.39. The summed E-state index contributed by atoms with van der Waals surface area (Å²) in [4.78, 5) is 8.56. The number of hydrogen-bond donors (Lipinski definition) is 2. The second kappa shape index (κ2) is 9.47. The van der Waals surface area contributed by atoms with E-state index in [4.69, 9.17) is 15.0 Å². The van der Waals surface area contributed by atoms with E-state index < -0.39 is 6.16 Å². The first-order chi connectivity index (χ1) is 1.73. The molecule has 0 radical (unpaired) electrons. The Labute approximate surface area is 80.5 Å². The molecule has 0 aromatic rings. The minimum absolute atomic E-state index is 0. The summed E-state index contributed by atoms with van der Waals surface area (Å²) in [6.45, 7) is 0. The Balaban J connectivity index is -0.00000000750. The van der Waals surface area contributed by atoms with Gasteiger partial charge < -0.3 is 13.1 Å². The van der Waals surface area contributed by atoms with Crippen LogP contribution in [0.15, 0.2) is 0 Å². The Morgan fingerprint density at radius 1 is 1.50 bits per heavy atom. The van der Waals surface area contributed by atoms with Gasteiger partial charge in [-0.3, -0.25) is 0 Å². The van der Waals surface area contributed by atoms with Crippen LogP contribution in [-0.2, 0) is 19.5 Å². The van der Waals surface area contributed by atoms with Gasteiger partial charge in [-0.05, 0) is 0 Å². The van der Waals surface area contributed by atoms with Crippen LogP contribution in [0.4, 0.5) is 4.79 Å². The molecule has 0 heterocycles. The molecule has 0 aromatic heterocycles. The summed E-state index contributed by atoms with van der Waals surface area (Å²) in [6.07, 6.45) is -1.83. The van der Waals surface area contributed by atoms with E-state index in [2.05, 4.69) is 0 Å². The predicted molar refractivity (Wildman–Crippen MR) is 18.6 cm³/mol. The topological polar surface area (TPSA) is 57.5 Å². The van der Waals surface area contributed by atoms with Crippen LogP contribution in [0.2, 0.25) is 0 Å². The van der Waals surface area contributed by atoms with Gasteiger partial charge in [0.25, 0.3) is 0 Å². The van der Waals surface area contributed by atoms with Crippen molar-refractivity contribution in [2.24, 2.45) is 0 Å². The van der Waals surface area contributed by atoms with Crippen molar-refractivity contribution in [2.45, 2.75) is 0 Å². The van der Waals surface area contributed by atoms with Crippen molar-refractivity contribution in [3.63, 3.8) is 0 Å². The van der Waals surface area contributed by atoms with E-state index in [0.717, 1.165) is 0 Å². The van der Waals surface area contributed by atoms with Crippen LogP contribution < -0.4 is 0 Å². The van der Waals surface area contributed by atoms with Gasteiger partial charge in [0.1, 0.15) is 0 Å². The van der Waals surface area contributed by atoms with Crippen LogP contribution >= 0.6 is 0 Å². The molecule has 0 unspecified atom stereocenters.